The highest BCUT2D eigenvalue weighted by atomic mass is 16.5. The van der Waals surface area contributed by atoms with Crippen molar-refractivity contribution in [2.24, 2.45) is 0 Å². The van der Waals surface area contributed by atoms with E-state index < -0.39 is 12.0 Å². The van der Waals surface area contributed by atoms with Gasteiger partial charge in [-0.05, 0) is 37.1 Å². The van der Waals surface area contributed by atoms with Crippen LogP contribution in [0.3, 0.4) is 0 Å². The first-order chi connectivity index (χ1) is 11.6. The number of nitrogens with zero attached hydrogens (tertiary/aromatic N) is 2. The first-order valence-electron chi connectivity index (χ1n) is 7.80. The van der Waals surface area contributed by atoms with Gasteiger partial charge in [0.25, 0.3) is 5.91 Å². The lowest BCUT2D eigenvalue weighted by molar-refractivity contribution is -0.141. The van der Waals surface area contributed by atoms with E-state index in [2.05, 4.69) is 4.98 Å². The van der Waals surface area contributed by atoms with Crippen LogP contribution in [0.2, 0.25) is 0 Å². The maximum Gasteiger partial charge on any atom is 0.326 e. The predicted octanol–water partition coefficient (Wildman–Crippen LogP) is 2.35. The van der Waals surface area contributed by atoms with Crippen LogP contribution in [0.25, 0.3) is 0 Å². The van der Waals surface area contributed by atoms with Gasteiger partial charge in [0.15, 0.2) is 0 Å². The molecule has 1 fully saturated rings. The molecule has 0 spiro atoms. The number of hydrogen-bond acceptors (Lipinski definition) is 4. The van der Waals surface area contributed by atoms with Crippen LogP contribution in [0.15, 0.2) is 48.8 Å². The maximum absolute atomic E-state index is 12.6. The Morgan fingerprint density at radius 3 is 2.92 bits per heavy atom. The van der Waals surface area contributed by atoms with Crippen LogP contribution >= 0.6 is 0 Å². The summed E-state index contributed by atoms with van der Waals surface area (Å²) in [6.45, 7) is 0.823. The fraction of sp³-hybridized carbons (Fsp3) is 0.278. The fourth-order valence-electron chi connectivity index (χ4n) is 2.80. The number of rotatable bonds is 5. The number of carbonyl (C=O) groups excluding carboxylic acids is 1. The van der Waals surface area contributed by atoms with Crippen molar-refractivity contribution in [3.05, 3.63) is 59.9 Å². The lowest BCUT2D eigenvalue weighted by Gasteiger charge is -2.21. The number of ether oxygens (including phenoxy) is 1. The molecule has 6 heteroatoms. The zero-order valence-corrected chi connectivity index (χ0v) is 13.1. The molecule has 1 unspecified atom stereocenters. The average Bonchev–Trinajstić information content (AvgIpc) is 3.10. The molecule has 0 radical (unpaired) electrons. The molecule has 3 rings (SSSR count). The zero-order valence-electron chi connectivity index (χ0n) is 13.1. The van der Waals surface area contributed by atoms with Crippen LogP contribution < -0.4 is 4.74 Å². The Morgan fingerprint density at radius 2 is 2.17 bits per heavy atom. The SMILES string of the molecule is O=C(O)C1CCCN1C(=O)c1cccc(OCc2cccnc2)c1. The summed E-state index contributed by atoms with van der Waals surface area (Å²) in [6, 6.07) is 9.83. The topological polar surface area (TPSA) is 79.7 Å². The Balaban J connectivity index is 1.70. The number of pyridine rings is 1. The van der Waals surface area contributed by atoms with Gasteiger partial charge >= 0.3 is 5.97 Å². The number of carboxylic acid groups (broad SMARTS) is 1. The van der Waals surface area contributed by atoms with E-state index in [1.807, 2.05) is 12.1 Å². The number of likely N-dealkylation sites (tertiary alicyclic amines) is 1. The van der Waals surface area contributed by atoms with Gasteiger partial charge in [0, 0.05) is 30.1 Å². The molecule has 1 saturated heterocycles. The Hall–Kier alpha value is -2.89. The van der Waals surface area contributed by atoms with Crippen LogP contribution in [0, 0.1) is 0 Å². The molecule has 2 heterocycles. The molecule has 1 aliphatic rings. The van der Waals surface area contributed by atoms with Crippen molar-refractivity contribution in [1.82, 2.24) is 9.88 Å². The third kappa shape index (κ3) is 3.53. The number of aliphatic carboxylic acids is 1. The molecule has 1 aliphatic heterocycles. The minimum atomic E-state index is -0.954. The van der Waals surface area contributed by atoms with E-state index in [4.69, 9.17) is 4.74 Å². The van der Waals surface area contributed by atoms with Crippen LogP contribution in [0.4, 0.5) is 0 Å². The third-order valence-corrected chi connectivity index (χ3v) is 4.01. The van der Waals surface area contributed by atoms with Crippen LogP contribution in [0.1, 0.15) is 28.8 Å². The lowest BCUT2D eigenvalue weighted by Crippen LogP contribution is -2.40. The van der Waals surface area contributed by atoms with Crippen LogP contribution in [0.5, 0.6) is 5.75 Å². The molecule has 24 heavy (non-hydrogen) atoms. The van der Waals surface area contributed by atoms with Gasteiger partial charge < -0.3 is 14.7 Å². The van der Waals surface area contributed by atoms with E-state index in [9.17, 15) is 14.7 Å². The van der Waals surface area contributed by atoms with E-state index in [1.54, 1.807) is 36.7 Å². The summed E-state index contributed by atoms with van der Waals surface area (Å²) in [5.74, 6) is -0.660. The Kier molecular flexibility index (Phi) is 4.74. The molecule has 2 aromatic rings. The average molecular weight is 326 g/mol. The number of benzene rings is 1. The van der Waals surface area contributed by atoms with Crippen molar-refractivity contribution in [2.45, 2.75) is 25.5 Å². The molecule has 124 valence electrons. The van der Waals surface area contributed by atoms with E-state index in [1.165, 1.54) is 4.90 Å². The molecule has 0 aliphatic carbocycles. The van der Waals surface area contributed by atoms with Crippen molar-refractivity contribution in [1.29, 1.82) is 0 Å². The second-order valence-electron chi connectivity index (χ2n) is 5.67. The summed E-state index contributed by atoms with van der Waals surface area (Å²) in [5, 5.41) is 9.22. The van der Waals surface area contributed by atoms with E-state index in [0.29, 0.717) is 37.3 Å². The molecule has 1 N–H and O–H groups in total. The number of carbonyl (C=O) groups is 2. The molecule has 6 nitrogen and oxygen atoms in total. The van der Waals surface area contributed by atoms with Crippen molar-refractivity contribution in [3.8, 4) is 5.75 Å². The highest BCUT2D eigenvalue weighted by Crippen LogP contribution is 2.22. The minimum absolute atomic E-state index is 0.272. The lowest BCUT2D eigenvalue weighted by atomic mass is 10.1. The fourth-order valence-corrected chi connectivity index (χ4v) is 2.80. The Labute approximate surface area is 139 Å². The normalized spacial score (nSPS) is 16.8. The van der Waals surface area contributed by atoms with E-state index in [0.717, 1.165) is 5.56 Å². The van der Waals surface area contributed by atoms with Gasteiger partial charge in [0.05, 0.1) is 0 Å². The van der Waals surface area contributed by atoms with E-state index >= 15 is 0 Å². The van der Waals surface area contributed by atoms with Gasteiger partial charge in [-0.1, -0.05) is 12.1 Å². The summed E-state index contributed by atoms with van der Waals surface area (Å²) in [6.07, 6.45) is 4.62. The zero-order chi connectivity index (χ0) is 16.9. The third-order valence-electron chi connectivity index (χ3n) is 4.01. The molecule has 0 bridgehead atoms. The second-order valence-corrected chi connectivity index (χ2v) is 5.67. The van der Waals surface area contributed by atoms with E-state index in [-0.39, 0.29) is 5.91 Å². The quantitative estimate of drug-likeness (QED) is 0.912. The smallest absolute Gasteiger partial charge is 0.326 e. The molecule has 1 aromatic heterocycles. The Morgan fingerprint density at radius 1 is 1.29 bits per heavy atom. The Bertz CT molecular complexity index is 733. The van der Waals surface area contributed by atoms with Gasteiger partial charge in [-0.3, -0.25) is 9.78 Å². The molecular weight excluding hydrogens is 308 g/mol. The number of aromatic nitrogens is 1. The number of amides is 1. The first-order valence-corrected chi connectivity index (χ1v) is 7.80. The molecule has 1 amide bonds. The van der Waals surface area contributed by atoms with Crippen molar-refractivity contribution in [2.75, 3.05) is 6.54 Å². The van der Waals surface area contributed by atoms with Gasteiger partial charge in [-0.15, -0.1) is 0 Å². The monoisotopic (exact) mass is 326 g/mol. The second kappa shape index (κ2) is 7.12. The largest absolute Gasteiger partial charge is 0.489 e. The highest BCUT2D eigenvalue weighted by molar-refractivity contribution is 5.97. The summed E-state index contributed by atoms with van der Waals surface area (Å²) < 4.78 is 5.69. The summed E-state index contributed by atoms with van der Waals surface area (Å²) in [5.41, 5.74) is 1.37. The standard InChI is InChI=1S/C18H18N2O4/c21-17(20-9-3-7-16(20)18(22)23)14-5-1-6-15(10-14)24-12-13-4-2-8-19-11-13/h1-2,4-6,8,10-11,16H,3,7,9,12H2,(H,22,23). The van der Waals surface area contributed by atoms with Gasteiger partial charge in [0.1, 0.15) is 18.4 Å². The van der Waals surface area contributed by atoms with Gasteiger partial charge in [-0.25, -0.2) is 4.79 Å². The van der Waals surface area contributed by atoms with Crippen molar-refractivity contribution < 1.29 is 19.4 Å². The van der Waals surface area contributed by atoms with Crippen LogP contribution in [-0.2, 0) is 11.4 Å². The maximum atomic E-state index is 12.6. The molecule has 1 atom stereocenters. The molecular formula is C18H18N2O4. The number of carboxylic acids is 1. The van der Waals surface area contributed by atoms with Crippen molar-refractivity contribution >= 4 is 11.9 Å². The highest BCUT2D eigenvalue weighted by Gasteiger charge is 2.34. The van der Waals surface area contributed by atoms with Gasteiger partial charge in [0.2, 0.25) is 0 Å². The van der Waals surface area contributed by atoms with Crippen LogP contribution in [-0.4, -0.2) is 39.5 Å². The minimum Gasteiger partial charge on any atom is -0.489 e. The molecule has 0 saturated carbocycles. The van der Waals surface area contributed by atoms with Crippen molar-refractivity contribution in [3.63, 3.8) is 0 Å². The van der Waals surface area contributed by atoms with Gasteiger partial charge in [-0.2, -0.15) is 0 Å². The number of hydrogen-bond donors (Lipinski definition) is 1. The summed E-state index contributed by atoms with van der Waals surface area (Å²) >= 11 is 0. The predicted molar refractivity (Wildman–Crippen MR) is 86.7 cm³/mol. The first kappa shape index (κ1) is 16.0. The summed E-state index contributed by atoms with van der Waals surface area (Å²) in [4.78, 5) is 29.3. The molecule has 1 aromatic carbocycles. The summed E-state index contributed by atoms with van der Waals surface area (Å²) in [7, 11) is 0.